The van der Waals surface area contributed by atoms with Crippen molar-refractivity contribution in [2.24, 2.45) is 0 Å². The van der Waals surface area contributed by atoms with Crippen LogP contribution in [0.4, 0.5) is 4.39 Å². The summed E-state index contributed by atoms with van der Waals surface area (Å²) >= 11 is 0. The molecule has 1 aromatic heterocycles. The lowest BCUT2D eigenvalue weighted by Crippen LogP contribution is -2.08. The van der Waals surface area contributed by atoms with E-state index in [9.17, 15) is 14.3 Å². The maximum Gasteiger partial charge on any atom is 0.337 e. The number of benzene rings is 2. The molecule has 0 aliphatic carbocycles. The summed E-state index contributed by atoms with van der Waals surface area (Å²) in [6.45, 7) is 3.88. The summed E-state index contributed by atoms with van der Waals surface area (Å²) in [5.74, 6) is -0.747. The Balaban J connectivity index is 2.05. The van der Waals surface area contributed by atoms with Gasteiger partial charge in [-0.1, -0.05) is 24.3 Å². The molecule has 3 rings (SSSR count). The van der Waals surface area contributed by atoms with Gasteiger partial charge in [0, 0.05) is 12.0 Å². The summed E-state index contributed by atoms with van der Waals surface area (Å²) in [4.78, 5) is 16.2. The van der Waals surface area contributed by atoms with Gasteiger partial charge in [0.15, 0.2) is 0 Å². The van der Waals surface area contributed by atoms with E-state index in [4.69, 9.17) is 4.74 Å². The molecule has 0 amide bonds. The highest BCUT2D eigenvalue weighted by Gasteiger charge is 2.16. The SMILES string of the molecule is CC(C)Oc1ccccc1-c1ccc(C(=O)O)c(Cc2cccc(F)c2)n1. The standard InChI is InChI=1S/C22H20FNO3/c1-14(2)27-21-9-4-3-8-17(21)19-11-10-18(22(25)26)20(24-19)13-15-6-5-7-16(23)12-15/h3-12,14H,13H2,1-2H3,(H,25,26). The van der Waals surface area contributed by atoms with Crippen molar-refractivity contribution in [3.8, 4) is 17.0 Å². The molecule has 0 saturated heterocycles. The normalized spacial score (nSPS) is 10.8. The number of hydrogen-bond donors (Lipinski definition) is 1. The average molecular weight is 365 g/mol. The molecule has 0 spiro atoms. The van der Waals surface area contributed by atoms with Crippen molar-refractivity contribution in [3.05, 3.63) is 83.3 Å². The summed E-state index contributed by atoms with van der Waals surface area (Å²) in [5, 5.41) is 9.49. The van der Waals surface area contributed by atoms with Crippen LogP contribution in [0.2, 0.25) is 0 Å². The third-order valence-corrected chi connectivity index (χ3v) is 3.99. The van der Waals surface area contributed by atoms with Crippen LogP contribution >= 0.6 is 0 Å². The van der Waals surface area contributed by atoms with Crippen molar-refractivity contribution < 1.29 is 19.0 Å². The van der Waals surface area contributed by atoms with Gasteiger partial charge in [0.05, 0.1) is 23.1 Å². The number of aromatic carboxylic acids is 1. The number of halogens is 1. The molecule has 3 aromatic rings. The first-order chi connectivity index (χ1) is 12.9. The number of para-hydroxylation sites is 1. The smallest absolute Gasteiger partial charge is 0.337 e. The largest absolute Gasteiger partial charge is 0.490 e. The molecule has 5 heteroatoms. The number of ether oxygens (including phenoxy) is 1. The first kappa shape index (κ1) is 18.6. The molecule has 1 heterocycles. The Morgan fingerprint density at radius 3 is 2.59 bits per heavy atom. The minimum Gasteiger partial charge on any atom is -0.490 e. The number of carboxylic acid groups (broad SMARTS) is 1. The molecule has 0 aliphatic rings. The monoisotopic (exact) mass is 365 g/mol. The second-order valence-corrected chi connectivity index (χ2v) is 6.47. The Morgan fingerprint density at radius 1 is 1.11 bits per heavy atom. The first-order valence-electron chi connectivity index (χ1n) is 8.67. The third kappa shape index (κ3) is 4.50. The van der Waals surface area contributed by atoms with Gasteiger partial charge in [-0.15, -0.1) is 0 Å². The summed E-state index contributed by atoms with van der Waals surface area (Å²) in [6.07, 6.45) is 0.219. The van der Waals surface area contributed by atoms with Gasteiger partial charge in [-0.05, 0) is 55.8 Å². The van der Waals surface area contributed by atoms with Gasteiger partial charge in [-0.2, -0.15) is 0 Å². The zero-order chi connectivity index (χ0) is 19.4. The van der Waals surface area contributed by atoms with Gasteiger partial charge in [0.2, 0.25) is 0 Å². The Bertz CT molecular complexity index is 969. The summed E-state index contributed by atoms with van der Waals surface area (Å²) in [7, 11) is 0. The van der Waals surface area contributed by atoms with Gasteiger partial charge < -0.3 is 9.84 Å². The van der Waals surface area contributed by atoms with Crippen molar-refractivity contribution in [2.45, 2.75) is 26.4 Å². The number of nitrogens with zero attached hydrogens (tertiary/aromatic N) is 1. The fraction of sp³-hybridized carbons (Fsp3) is 0.182. The fourth-order valence-corrected chi connectivity index (χ4v) is 2.86. The van der Waals surface area contributed by atoms with E-state index in [0.29, 0.717) is 22.7 Å². The predicted molar refractivity (Wildman–Crippen MR) is 102 cm³/mol. The van der Waals surface area contributed by atoms with Gasteiger partial charge in [0.1, 0.15) is 11.6 Å². The highest BCUT2D eigenvalue weighted by atomic mass is 19.1. The minimum atomic E-state index is -1.06. The van der Waals surface area contributed by atoms with Crippen LogP contribution in [0.5, 0.6) is 5.75 Å². The van der Waals surface area contributed by atoms with Gasteiger partial charge in [-0.3, -0.25) is 4.98 Å². The molecule has 0 fully saturated rings. The van der Waals surface area contributed by atoms with E-state index in [1.807, 2.05) is 38.1 Å². The Hall–Kier alpha value is -3.21. The quantitative estimate of drug-likeness (QED) is 0.670. The Morgan fingerprint density at radius 2 is 1.89 bits per heavy atom. The Kier molecular flexibility index (Phi) is 5.50. The summed E-state index contributed by atoms with van der Waals surface area (Å²) in [5.41, 5.74) is 2.54. The number of carboxylic acids is 1. The van der Waals surface area contributed by atoms with Crippen LogP contribution in [-0.4, -0.2) is 22.2 Å². The minimum absolute atomic E-state index is 0.00351. The van der Waals surface area contributed by atoms with Crippen LogP contribution < -0.4 is 4.74 Å². The average Bonchev–Trinajstić information content (AvgIpc) is 2.61. The predicted octanol–water partition coefficient (Wildman–Crippen LogP) is 4.96. The lowest BCUT2D eigenvalue weighted by molar-refractivity contribution is 0.0695. The number of hydrogen-bond acceptors (Lipinski definition) is 3. The number of pyridine rings is 1. The molecular weight excluding hydrogens is 345 g/mol. The van der Waals surface area contributed by atoms with Crippen molar-refractivity contribution in [1.29, 1.82) is 0 Å². The Labute approximate surface area is 157 Å². The lowest BCUT2D eigenvalue weighted by atomic mass is 10.0. The van der Waals surface area contributed by atoms with Crippen LogP contribution in [0.15, 0.2) is 60.7 Å². The molecule has 0 bridgehead atoms. The lowest BCUT2D eigenvalue weighted by Gasteiger charge is -2.15. The van der Waals surface area contributed by atoms with Crippen molar-refractivity contribution in [1.82, 2.24) is 4.98 Å². The summed E-state index contributed by atoms with van der Waals surface area (Å²) < 4.78 is 19.3. The molecular formula is C22H20FNO3. The van der Waals surface area contributed by atoms with E-state index in [1.165, 1.54) is 18.2 Å². The van der Waals surface area contributed by atoms with E-state index >= 15 is 0 Å². The second kappa shape index (κ2) is 7.99. The zero-order valence-electron chi connectivity index (χ0n) is 15.1. The fourth-order valence-electron chi connectivity index (χ4n) is 2.86. The van der Waals surface area contributed by atoms with E-state index in [-0.39, 0.29) is 23.9 Å². The van der Waals surface area contributed by atoms with Gasteiger partial charge in [-0.25, -0.2) is 9.18 Å². The van der Waals surface area contributed by atoms with Crippen molar-refractivity contribution >= 4 is 5.97 Å². The highest BCUT2D eigenvalue weighted by molar-refractivity contribution is 5.89. The molecule has 0 saturated carbocycles. The third-order valence-electron chi connectivity index (χ3n) is 3.99. The summed E-state index contributed by atoms with van der Waals surface area (Å²) in [6, 6.07) is 16.8. The van der Waals surface area contributed by atoms with Gasteiger partial charge in [0.25, 0.3) is 0 Å². The molecule has 0 aliphatic heterocycles. The molecule has 27 heavy (non-hydrogen) atoms. The van der Waals surface area contributed by atoms with E-state index in [0.717, 1.165) is 5.56 Å². The van der Waals surface area contributed by atoms with Crippen LogP contribution in [0, 0.1) is 5.82 Å². The molecule has 0 unspecified atom stereocenters. The topological polar surface area (TPSA) is 59.4 Å². The maximum absolute atomic E-state index is 13.5. The first-order valence-corrected chi connectivity index (χ1v) is 8.67. The van der Waals surface area contributed by atoms with Crippen molar-refractivity contribution in [3.63, 3.8) is 0 Å². The zero-order valence-corrected chi connectivity index (χ0v) is 15.1. The maximum atomic E-state index is 13.5. The molecule has 0 radical (unpaired) electrons. The molecule has 0 atom stereocenters. The van der Waals surface area contributed by atoms with Crippen LogP contribution in [0.1, 0.15) is 35.5 Å². The van der Waals surface area contributed by atoms with E-state index < -0.39 is 5.97 Å². The van der Waals surface area contributed by atoms with Gasteiger partial charge >= 0.3 is 5.97 Å². The van der Waals surface area contributed by atoms with E-state index in [2.05, 4.69) is 4.98 Å². The van der Waals surface area contributed by atoms with Crippen molar-refractivity contribution in [2.75, 3.05) is 0 Å². The molecule has 2 aromatic carbocycles. The van der Waals surface area contributed by atoms with E-state index in [1.54, 1.807) is 18.2 Å². The van der Waals surface area contributed by atoms with Crippen LogP contribution in [0.25, 0.3) is 11.3 Å². The highest BCUT2D eigenvalue weighted by Crippen LogP contribution is 2.30. The molecule has 4 nitrogen and oxygen atoms in total. The number of carbonyl (C=O) groups is 1. The van der Waals surface area contributed by atoms with Crippen LogP contribution in [0.3, 0.4) is 0 Å². The molecule has 1 N–H and O–H groups in total. The number of rotatable bonds is 6. The van der Waals surface area contributed by atoms with Crippen LogP contribution in [-0.2, 0) is 6.42 Å². The number of aromatic nitrogens is 1. The second-order valence-electron chi connectivity index (χ2n) is 6.47. The molecule has 138 valence electrons.